The molecular formula is C12H18BrN3O. The van der Waals surface area contributed by atoms with E-state index >= 15 is 0 Å². The number of nitrogens with zero attached hydrogens (tertiary/aromatic N) is 3. The van der Waals surface area contributed by atoms with Crippen LogP contribution in [0.4, 0.5) is 5.82 Å². The number of rotatable bonds is 4. The predicted octanol–water partition coefficient (Wildman–Crippen LogP) is 2.07. The van der Waals surface area contributed by atoms with Crippen molar-refractivity contribution >= 4 is 27.7 Å². The number of hydrogen-bond acceptors (Lipinski definition) is 3. The average molecular weight is 300 g/mol. The molecule has 1 aromatic rings. The van der Waals surface area contributed by atoms with Gasteiger partial charge in [0.1, 0.15) is 5.82 Å². The smallest absolute Gasteiger partial charge is 0.241 e. The van der Waals surface area contributed by atoms with Crippen LogP contribution >= 0.6 is 15.9 Å². The number of likely N-dealkylation sites (N-methyl/N-ethyl adjacent to an activating group) is 2. The van der Waals surface area contributed by atoms with E-state index in [2.05, 4.69) is 20.9 Å². The molecule has 0 radical (unpaired) electrons. The minimum Gasteiger partial charge on any atom is -0.347 e. The van der Waals surface area contributed by atoms with Crippen molar-refractivity contribution in [2.75, 3.05) is 32.1 Å². The fourth-order valence-corrected chi connectivity index (χ4v) is 1.95. The lowest BCUT2D eigenvalue weighted by molar-refractivity contribution is -0.127. The fourth-order valence-electron chi connectivity index (χ4n) is 1.51. The summed E-state index contributed by atoms with van der Waals surface area (Å²) in [5.74, 6) is 0.946. The maximum Gasteiger partial charge on any atom is 0.241 e. The zero-order valence-electron chi connectivity index (χ0n) is 10.7. The molecule has 4 nitrogen and oxygen atoms in total. The van der Waals surface area contributed by atoms with Crippen molar-refractivity contribution in [3.63, 3.8) is 0 Å². The van der Waals surface area contributed by atoms with Gasteiger partial charge in [0.05, 0.1) is 6.54 Å². The number of hydrogen-bond donors (Lipinski definition) is 0. The van der Waals surface area contributed by atoms with E-state index in [9.17, 15) is 4.79 Å². The highest BCUT2D eigenvalue weighted by molar-refractivity contribution is 9.10. The van der Waals surface area contributed by atoms with Crippen molar-refractivity contribution in [1.82, 2.24) is 9.88 Å². The molecule has 0 aliphatic heterocycles. The average Bonchev–Trinajstić information content (AvgIpc) is 2.26. The molecular weight excluding hydrogens is 282 g/mol. The van der Waals surface area contributed by atoms with E-state index < -0.39 is 0 Å². The summed E-state index contributed by atoms with van der Waals surface area (Å²) in [6.07, 6.45) is 1.76. The number of amides is 1. The molecule has 94 valence electrons. The van der Waals surface area contributed by atoms with Crippen molar-refractivity contribution < 1.29 is 4.79 Å². The van der Waals surface area contributed by atoms with Gasteiger partial charge in [0.15, 0.2) is 0 Å². The van der Waals surface area contributed by atoms with Gasteiger partial charge < -0.3 is 9.80 Å². The maximum absolute atomic E-state index is 11.7. The van der Waals surface area contributed by atoms with Gasteiger partial charge in [-0.05, 0) is 41.4 Å². The van der Waals surface area contributed by atoms with Gasteiger partial charge in [-0.2, -0.15) is 0 Å². The molecule has 0 bridgehead atoms. The van der Waals surface area contributed by atoms with Gasteiger partial charge in [-0.1, -0.05) is 0 Å². The van der Waals surface area contributed by atoms with Gasteiger partial charge in [-0.15, -0.1) is 0 Å². The van der Waals surface area contributed by atoms with Crippen molar-refractivity contribution in [2.45, 2.75) is 13.8 Å². The van der Waals surface area contributed by atoms with Gasteiger partial charge in [0.2, 0.25) is 5.91 Å². The molecule has 0 N–H and O–H groups in total. The number of aromatic nitrogens is 1. The summed E-state index contributed by atoms with van der Waals surface area (Å²) < 4.78 is 0.953. The van der Waals surface area contributed by atoms with Crippen LogP contribution < -0.4 is 4.90 Å². The van der Waals surface area contributed by atoms with E-state index in [0.29, 0.717) is 6.54 Å². The Kier molecular flexibility index (Phi) is 4.93. The van der Waals surface area contributed by atoms with Crippen molar-refractivity contribution in [3.05, 3.63) is 22.3 Å². The molecule has 1 amide bonds. The topological polar surface area (TPSA) is 36.4 Å². The summed E-state index contributed by atoms with van der Waals surface area (Å²) >= 11 is 3.39. The van der Waals surface area contributed by atoms with Crippen LogP contribution in [0.3, 0.4) is 0 Å². The lowest BCUT2D eigenvalue weighted by atomic mass is 10.2. The Morgan fingerprint density at radius 3 is 2.59 bits per heavy atom. The maximum atomic E-state index is 11.7. The van der Waals surface area contributed by atoms with E-state index in [0.717, 1.165) is 22.4 Å². The second kappa shape index (κ2) is 6.00. The zero-order chi connectivity index (χ0) is 13.0. The Balaban J connectivity index is 2.90. The van der Waals surface area contributed by atoms with Crippen LogP contribution in [-0.4, -0.2) is 43.0 Å². The molecule has 1 rings (SSSR count). The quantitative estimate of drug-likeness (QED) is 0.854. The van der Waals surface area contributed by atoms with Gasteiger partial charge in [0.25, 0.3) is 0 Å². The second-order valence-electron chi connectivity index (χ2n) is 4.10. The number of anilines is 1. The molecule has 17 heavy (non-hydrogen) atoms. The first-order chi connectivity index (χ1) is 7.95. The molecule has 0 fully saturated rings. The van der Waals surface area contributed by atoms with E-state index in [-0.39, 0.29) is 5.91 Å². The molecule has 0 atom stereocenters. The Morgan fingerprint density at radius 2 is 2.12 bits per heavy atom. The highest BCUT2D eigenvalue weighted by Gasteiger charge is 2.14. The second-order valence-corrected chi connectivity index (χ2v) is 5.01. The van der Waals surface area contributed by atoms with E-state index in [1.54, 1.807) is 25.2 Å². The summed E-state index contributed by atoms with van der Waals surface area (Å²) in [4.78, 5) is 19.7. The first-order valence-corrected chi connectivity index (χ1v) is 6.32. The summed E-state index contributed by atoms with van der Waals surface area (Å²) in [7, 11) is 3.52. The summed E-state index contributed by atoms with van der Waals surface area (Å²) in [5.41, 5.74) is 1.06. The standard InChI is InChI=1S/C12H18BrN3O/c1-5-16(8-11(17)15(3)4)12-9(2)6-10(13)7-14-12/h6-7H,5,8H2,1-4H3. The molecule has 1 aromatic heterocycles. The van der Waals surface area contributed by atoms with Crippen LogP contribution in [0.1, 0.15) is 12.5 Å². The summed E-state index contributed by atoms with van der Waals surface area (Å²) in [6, 6.07) is 2.01. The Hall–Kier alpha value is -1.10. The summed E-state index contributed by atoms with van der Waals surface area (Å²) in [6.45, 7) is 5.13. The largest absolute Gasteiger partial charge is 0.347 e. The molecule has 0 saturated heterocycles. The molecule has 0 unspecified atom stereocenters. The lowest BCUT2D eigenvalue weighted by Crippen LogP contribution is -2.37. The fraction of sp³-hybridized carbons (Fsp3) is 0.500. The normalized spacial score (nSPS) is 10.2. The third kappa shape index (κ3) is 3.70. The molecule has 0 saturated carbocycles. The van der Waals surface area contributed by atoms with Crippen molar-refractivity contribution in [1.29, 1.82) is 0 Å². The van der Waals surface area contributed by atoms with Crippen LogP contribution in [0.15, 0.2) is 16.7 Å². The van der Waals surface area contributed by atoms with Crippen LogP contribution in [0, 0.1) is 6.92 Å². The highest BCUT2D eigenvalue weighted by atomic mass is 79.9. The Bertz CT molecular complexity index is 407. The SMILES string of the molecule is CCN(CC(=O)N(C)C)c1ncc(Br)cc1C. The molecule has 0 spiro atoms. The van der Waals surface area contributed by atoms with Crippen LogP contribution in [0.2, 0.25) is 0 Å². The summed E-state index contributed by atoms with van der Waals surface area (Å²) in [5, 5.41) is 0. The number of aryl methyl sites for hydroxylation is 1. The van der Waals surface area contributed by atoms with Gasteiger partial charge >= 0.3 is 0 Å². The van der Waals surface area contributed by atoms with Crippen LogP contribution in [0.5, 0.6) is 0 Å². The van der Waals surface area contributed by atoms with Crippen molar-refractivity contribution in [2.24, 2.45) is 0 Å². The third-order valence-corrected chi connectivity index (χ3v) is 2.96. The van der Waals surface area contributed by atoms with Gasteiger partial charge in [-0.3, -0.25) is 4.79 Å². The number of pyridine rings is 1. The predicted molar refractivity (Wildman–Crippen MR) is 73.3 cm³/mol. The highest BCUT2D eigenvalue weighted by Crippen LogP contribution is 2.20. The first-order valence-electron chi connectivity index (χ1n) is 5.53. The molecule has 5 heteroatoms. The molecule has 0 aliphatic rings. The number of carbonyl (C=O) groups excluding carboxylic acids is 1. The number of carbonyl (C=O) groups is 1. The third-order valence-electron chi connectivity index (χ3n) is 2.52. The molecule has 0 aromatic carbocycles. The molecule has 0 aliphatic carbocycles. The minimum absolute atomic E-state index is 0.0796. The van der Waals surface area contributed by atoms with Crippen LogP contribution in [-0.2, 0) is 4.79 Å². The van der Waals surface area contributed by atoms with E-state index in [4.69, 9.17) is 0 Å². The monoisotopic (exact) mass is 299 g/mol. The molecule has 1 heterocycles. The minimum atomic E-state index is 0.0796. The first kappa shape index (κ1) is 14.0. The number of halogens is 1. The van der Waals surface area contributed by atoms with Crippen LogP contribution in [0.25, 0.3) is 0 Å². The van der Waals surface area contributed by atoms with E-state index in [1.807, 2.05) is 24.8 Å². The Labute approximate surface area is 111 Å². The van der Waals surface area contributed by atoms with Gasteiger partial charge in [-0.25, -0.2) is 4.98 Å². The Morgan fingerprint density at radius 1 is 1.47 bits per heavy atom. The van der Waals surface area contributed by atoms with Gasteiger partial charge in [0, 0.05) is 31.3 Å². The van der Waals surface area contributed by atoms with Crippen molar-refractivity contribution in [3.8, 4) is 0 Å². The zero-order valence-corrected chi connectivity index (χ0v) is 12.3. The van der Waals surface area contributed by atoms with E-state index in [1.165, 1.54) is 0 Å². The lowest BCUT2D eigenvalue weighted by Gasteiger charge is -2.24.